The monoisotopic (exact) mass is 325 g/mol. The van der Waals surface area contributed by atoms with Crippen LogP contribution in [0.5, 0.6) is 11.5 Å². The number of hydrogen-bond donors (Lipinski definition) is 1. The number of hydrogen-bond acceptors (Lipinski definition) is 2. The smallest absolute Gasteiger partial charge is 0.162 e. The van der Waals surface area contributed by atoms with Crippen LogP contribution in [0, 0.1) is 0 Å². The zero-order valence-corrected chi connectivity index (χ0v) is 13.4. The summed E-state index contributed by atoms with van der Waals surface area (Å²) in [7, 11) is 0. The Balaban J connectivity index is 1.64. The average Bonchev–Trinajstić information content (AvgIpc) is 3.02. The number of ether oxygens (including phenoxy) is 2. The minimum absolute atomic E-state index is 0.110. The van der Waals surface area contributed by atoms with Gasteiger partial charge in [-0.25, -0.2) is 0 Å². The third-order valence-corrected chi connectivity index (χ3v) is 5.12. The maximum atomic E-state index is 6.20. The lowest BCUT2D eigenvalue weighted by atomic mass is 10.0. The lowest BCUT2D eigenvalue weighted by Crippen LogP contribution is -2.45. The van der Waals surface area contributed by atoms with Crippen molar-refractivity contribution in [3.8, 4) is 11.5 Å². The van der Waals surface area contributed by atoms with Crippen LogP contribution in [-0.4, -0.2) is 17.2 Å². The number of H-pyrrole nitrogens is 1. The molecule has 2 unspecified atom stereocenters. The molecule has 120 valence electrons. The van der Waals surface area contributed by atoms with Gasteiger partial charge >= 0.3 is 0 Å². The molecule has 1 aliphatic carbocycles. The Bertz CT molecular complexity index is 1270. The van der Waals surface area contributed by atoms with Gasteiger partial charge in [0.2, 0.25) is 0 Å². The molecule has 25 heavy (non-hydrogen) atoms. The Labute approximate surface area is 143 Å². The van der Waals surface area contributed by atoms with Crippen LogP contribution in [0.3, 0.4) is 0 Å². The van der Waals surface area contributed by atoms with E-state index in [9.17, 15) is 0 Å². The summed E-state index contributed by atoms with van der Waals surface area (Å²) in [5.74, 6) is 1.61. The highest BCUT2D eigenvalue weighted by molar-refractivity contribution is 6.07. The van der Waals surface area contributed by atoms with E-state index in [1.807, 2.05) is 24.3 Å². The fourth-order valence-electron chi connectivity index (χ4n) is 3.98. The zero-order chi connectivity index (χ0) is 16.4. The molecule has 0 saturated carbocycles. The molecular formula is C22H15NO2. The van der Waals surface area contributed by atoms with Gasteiger partial charge in [-0.3, -0.25) is 0 Å². The topological polar surface area (TPSA) is 34.2 Å². The molecule has 3 aromatic carbocycles. The van der Waals surface area contributed by atoms with Crippen LogP contribution in [0.2, 0.25) is 0 Å². The molecule has 2 aliphatic rings. The van der Waals surface area contributed by atoms with Crippen molar-refractivity contribution in [3.05, 3.63) is 71.2 Å². The van der Waals surface area contributed by atoms with Crippen molar-refractivity contribution in [2.45, 2.75) is 12.2 Å². The second-order valence-electron chi connectivity index (χ2n) is 6.61. The molecule has 1 aromatic heterocycles. The quantitative estimate of drug-likeness (QED) is 0.539. The predicted octanol–water partition coefficient (Wildman–Crippen LogP) is 3.10. The van der Waals surface area contributed by atoms with Gasteiger partial charge in [-0.05, 0) is 41.1 Å². The predicted molar refractivity (Wildman–Crippen MR) is 99.3 cm³/mol. The first-order valence-corrected chi connectivity index (χ1v) is 8.52. The molecule has 0 saturated heterocycles. The van der Waals surface area contributed by atoms with Gasteiger partial charge in [-0.2, -0.15) is 0 Å². The Morgan fingerprint density at radius 3 is 2.28 bits per heavy atom. The van der Waals surface area contributed by atoms with Crippen molar-refractivity contribution in [2.24, 2.45) is 0 Å². The molecular weight excluding hydrogens is 310 g/mol. The average molecular weight is 325 g/mol. The van der Waals surface area contributed by atoms with E-state index in [1.54, 1.807) is 0 Å². The molecule has 0 amide bonds. The normalized spacial score (nSPS) is 20.5. The number of rotatable bonds is 0. The Morgan fingerprint density at radius 2 is 1.44 bits per heavy atom. The van der Waals surface area contributed by atoms with Crippen LogP contribution in [0.25, 0.3) is 33.8 Å². The van der Waals surface area contributed by atoms with E-state index in [4.69, 9.17) is 9.47 Å². The highest BCUT2D eigenvalue weighted by atomic mass is 16.6. The number of nitrogens with one attached hydrogen (secondary N) is 1. The summed E-state index contributed by atoms with van der Waals surface area (Å²) in [4.78, 5) is 3.54. The van der Waals surface area contributed by atoms with Crippen molar-refractivity contribution >= 4 is 33.8 Å². The molecule has 3 heteroatoms. The Hall–Kier alpha value is -3.20. The summed E-state index contributed by atoms with van der Waals surface area (Å²) in [6.07, 6.45) is 4.12. The molecule has 0 bridgehead atoms. The van der Waals surface area contributed by atoms with Gasteiger partial charge in [0.15, 0.2) is 23.7 Å². The summed E-state index contributed by atoms with van der Waals surface area (Å²) in [6.45, 7) is 0. The number of fused-ring (bicyclic) bond motifs is 7. The van der Waals surface area contributed by atoms with Crippen molar-refractivity contribution < 1.29 is 9.47 Å². The molecule has 2 atom stereocenters. The van der Waals surface area contributed by atoms with Crippen LogP contribution in [0.4, 0.5) is 0 Å². The summed E-state index contributed by atoms with van der Waals surface area (Å²) in [5.41, 5.74) is 1.15. The first kappa shape index (κ1) is 13.1. The second kappa shape index (κ2) is 4.67. The van der Waals surface area contributed by atoms with E-state index in [1.165, 1.54) is 21.4 Å². The van der Waals surface area contributed by atoms with Gasteiger partial charge in [0, 0.05) is 21.5 Å². The molecule has 0 fully saturated rings. The molecule has 6 rings (SSSR count). The van der Waals surface area contributed by atoms with E-state index in [2.05, 4.69) is 53.5 Å². The molecule has 1 aliphatic heterocycles. The minimum Gasteiger partial charge on any atom is -0.478 e. The van der Waals surface area contributed by atoms with Gasteiger partial charge in [-0.15, -0.1) is 0 Å². The highest BCUT2D eigenvalue weighted by Gasteiger charge is 2.30. The van der Waals surface area contributed by atoms with E-state index in [0.717, 1.165) is 22.4 Å². The first-order valence-electron chi connectivity index (χ1n) is 8.52. The third-order valence-electron chi connectivity index (χ3n) is 5.12. The zero-order valence-electron chi connectivity index (χ0n) is 13.4. The van der Waals surface area contributed by atoms with Crippen LogP contribution in [-0.2, 0) is 0 Å². The van der Waals surface area contributed by atoms with E-state index in [0.29, 0.717) is 0 Å². The molecule has 1 N–H and O–H groups in total. The lowest BCUT2D eigenvalue weighted by Gasteiger charge is -2.31. The summed E-state index contributed by atoms with van der Waals surface area (Å²) < 4.78 is 12.3. The van der Waals surface area contributed by atoms with E-state index < -0.39 is 0 Å². The van der Waals surface area contributed by atoms with Crippen molar-refractivity contribution in [3.63, 3.8) is 0 Å². The van der Waals surface area contributed by atoms with Crippen LogP contribution in [0.15, 0.2) is 60.7 Å². The third kappa shape index (κ3) is 1.81. The van der Waals surface area contributed by atoms with Gasteiger partial charge in [-0.1, -0.05) is 42.5 Å². The van der Waals surface area contributed by atoms with Crippen LogP contribution < -0.4 is 20.0 Å². The molecule has 0 radical (unpaired) electrons. The van der Waals surface area contributed by atoms with E-state index in [-0.39, 0.29) is 12.2 Å². The number of aromatic amines is 1. The van der Waals surface area contributed by atoms with Crippen molar-refractivity contribution in [2.75, 3.05) is 0 Å². The molecule has 0 spiro atoms. The Morgan fingerprint density at radius 1 is 0.720 bits per heavy atom. The van der Waals surface area contributed by atoms with Crippen molar-refractivity contribution in [1.82, 2.24) is 4.98 Å². The lowest BCUT2D eigenvalue weighted by molar-refractivity contribution is 0.0936. The van der Waals surface area contributed by atoms with Crippen molar-refractivity contribution in [1.29, 1.82) is 0 Å². The Kier molecular flexibility index (Phi) is 2.45. The summed E-state index contributed by atoms with van der Waals surface area (Å²) in [5, 5.41) is 6.08. The second-order valence-corrected chi connectivity index (χ2v) is 6.61. The summed E-state index contributed by atoms with van der Waals surface area (Å²) >= 11 is 0. The largest absolute Gasteiger partial charge is 0.478 e. The summed E-state index contributed by atoms with van der Waals surface area (Å²) in [6, 6.07) is 20.7. The number of benzene rings is 3. The SMILES string of the molecule is C1=c2[nH]c3ccc4ccccc4c3c2=CC2Oc3ccccc3OC12. The fourth-order valence-corrected chi connectivity index (χ4v) is 3.98. The van der Waals surface area contributed by atoms with Gasteiger partial charge in [0.25, 0.3) is 0 Å². The standard InChI is InChI=1S/C22H15NO2/c1-2-6-14-13(5-1)9-10-16-22(14)15-11-20-21(12-17(15)23-16)25-19-8-4-3-7-18(19)24-20/h1-12,20-21,23H. The molecule has 4 aromatic rings. The maximum Gasteiger partial charge on any atom is 0.162 e. The molecule has 3 nitrogen and oxygen atoms in total. The van der Waals surface area contributed by atoms with Gasteiger partial charge in [0.1, 0.15) is 0 Å². The van der Waals surface area contributed by atoms with E-state index >= 15 is 0 Å². The minimum atomic E-state index is -0.111. The first-order chi connectivity index (χ1) is 12.4. The fraction of sp³-hybridized carbons (Fsp3) is 0.0909. The van der Waals surface area contributed by atoms with Crippen LogP contribution in [0.1, 0.15) is 0 Å². The number of aromatic nitrogens is 1. The molecule has 2 heterocycles. The van der Waals surface area contributed by atoms with Gasteiger partial charge in [0.05, 0.1) is 0 Å². The highest BCUT2D eigenvalue weighted by Crippen LogP contribution is 2.35. The van der Waals surface area contributed by atoms with Crippen LogP contribution >= 0.6 is 0 Å². The number of para-hydroxylation sites is 2. The maximum absolute atomic E-state index is 6.20. The van der Waals surface area contributed by atoms with Gasteiger partial charge < -0.3 is 14.5 Å².